The Labute approximate surface area is 225 Å². The average molecular weight is 543 g/mol. The van der Waals surface area contributed by atoms with Crippen molar-refractivity contribution in [1.29, 1.82) is 0 Å². The van der Waals surface area contributed by atoms with Crippen LogP contribution < -0.4 is 15.1 Å². The van der Waals surface area contributed by atoms with Crippen LogP contribution >= 0.6 is 0 Å². The second-order valence-corrected chi connectivity index (χ2v) is 10.3. The number of aromatic nitrogens is 2. The summed E-state index contributed by atoms with van der Waals surface area (Å²) in [5, 5.41) is 14.0. The van der Waals surface area contributed by atoms with E-state index in [-0.39, 0.29) is 17.5 Å². The van der Waals surface area contributed by atoms with Gasteiger partial charge in [0.05, 0.1) is 34.0 Å². The van der Waals surface area contributed by atoms with Gasteiger partial charge in [0, 0.05) is 45.8 Å². The Bertz CT molecular complexity index is 1390. The third-order valence-electron chi connectivity index (χ3n) is 7.66. The lowest BCUT2D eigenvalue weighted by molar-refractivity contribution is -0.137. The van der Waals surface area contributed by atoms with E-state index in [9.17, 15) is 23.1 Å². The minimum atomic E-state index is -4.53. The van der Waals surface area contributed by atoms with Gasteiger partial charge < -0.3 is 29.7 Å². The molecule has 2 N–H and O–H groups in total. The van der Waals surface area contributed by atoms with Crippen LogP contribution in [0, 0.1) is 0 Å². The van der Waals surface area contributed by atoms with Crippen molar-refractivity contribution in [1.82, 2.24) is 14.5 Å². The summed E-state index contributed by atoms with van der Waals surface area (Å²) in [6, 6.07) is 8.39. The van der Waals surface area contributed by atoms with Crippen LogP contribution in [0.15, 0.2) is 49.1 Å². The Kier molecular flexibility index (Phi) is 7.19. The number of amides is 1. The Morgan fingerprint density at radius 3 is 2.67 bits per heavy atom. The minimum Gasteiger partial charge on any atom is -0.371 e. The van der Waals surface area contributed by atoms with Gasteiger partial charge in [-0.15, -0.1) is 0 Å². The number of anilines is 3. The molecule has 2 aliphatic rings. The van der Waals surface area contributed by atoms with Crippen molar-refractivity contribution in [2.45, 2.75) is 37.7 Å². The summed E-state index contributed by atoms with van der Waals surface area (Å²) < 4.78 is 42.0. The van der Waals surface area contributed by atoms with E-state index in [1.54, 1.807) is 4.90 Å². The van der Waals surface area contributed by atoms with Crippen LogP contribution in [0.5, 0.6) is 0 Å². The molecule has 8 nitrogen and oxygen atoms in total. The van der Waals surface area contributed by atoms with Gasteiger partial charge in [-0.25, -0.2) is 4.98 Å². The van der Waals surface area contributed by atoms with Crippen LogP contribution in [0.25, 0.3) is 11.0 Å². The van der Waals surface area contributed by atoms with Gasteiger partial charge in [-0.1, -0.05) is 18.7 Å². The van der Waals surface area contributed by atoms with Crippen molar-refractivity contribution in [3.05, 3.63) is 60.2 Å². The van der Waals surface area contributed by atoms with Crippen molar-refractivity contribution >= 4 is 34.3 Å². The Morgan fingerprint density at radius 2 is 1.92 bits per heavy atom. The Balaban J connectivity index is 1.63. The van der Waals surface area contributed by atoms with E-state index >= 15 is 0 Å². The van der Waals surface area contributed by atoms with E-state index in [1.165, 1.54) is 18.2 Å². The molecule has 208 valence electrons. The predicted octanol–water partition coefficient (Wildman–Crippen LogP) is 4.78. The number of benzene rings is 2. The fourth-order valence-electron chi connectivity index (χ4n) is 5.58. The van der Waals surface area contributed by atoms with Gasteiger partial charge in [-0.05, 0) is 49.6 Å². The zero-order chi connectivity index (χ0) is 27.9. The van der Waals surface area contributed by atoms with Gasteiger partial charge in [0.1, 0.15) is 0 Å². The molecule has 3 heterocycles. The number of halogens is 3. The number of likely N-dealkylation sites (N-methyl/N-ethyl adjacent to an activating group) is 2. The first-order valence-corrected chi connectivity index (χ1v) is 13.1. The highest BCUT2D eigenvalue weighted by Crippen LogP contribution is 2.42. The molecule has 0 spiro atoms. The predicted molar refractivity (Wildman–Crippen MR) is 146 cm³/mol. The number of rotatable bonds is 5. The smallest absolute Gasteiger partial charge is 0.371 e. The summed E-state index contributed by atoms with van der Waals surface area (Å²) in [6.45, 7) is 6.34. The summed E-state index contributed by atoms with van der Waals surface area (Å²) in [5.41, 5.74) is 2.82. The van der Waals surface area contributed by atoms with Crippen LogP contribution in [0.3, 0.4) is 0 Å². The van der Waals surface area contributed by atoms with E-state index < -0.39 is 18.0 Å². The number of aliphatic hydroxyl groups excluding tert-OH is 1. The number of aliphatic hydroxyl groups is 1. The molecule has 2 aliphatic heterocycles. The first-order chi connectivity index (χ1) is 18.6. The molecule has 39 heavy (non-hydrogen) atoms. The van der Waals surface area contributed by atoms with Gasteiger partial charge in [0.25, 0.3) is 0 Å². The maximum Gasteiger partial charge on any atom is 0.416 e. The molecule has 0 saturated carbocycles. The summed E-state index contributed by atoms with van der Waals surface area (Å²) in [4.78, 5) is 23.5. The molecule has 3 aromatic rings. The number of nitrogens with zero attached hydrogens (tertiary/aromatic N) is 5. The SMILES string of the molecule is C=CC(=O)N1CCCC[C@@H](n2c(NC(O)c3cccc(C(F)(F)F)c3)nc3ccc4c(c32)N(C)CCN4C)C1. The molecule has 11 heteroatoms. The number of hydrogen-bond acceptors (Lipinski definition) is 6. The van der Waals surface area contributed by atoms with E-state index in [4.69, 9.17) is 4.98 Å². The van der Waals surface area contributed by atoms with Crippen molar-refractivity contribution in [2.75, 3.05) is 55.4 Å². The lowest BCUT2D eigenvalue weighted by Gasteiger charge is -2.36. The summed E-state index contributed by atoms with van der Waals surface area (Å²) in [7, 11) is 4.05. The molecule has 2 atom stereocenters. The molecule has 1 aromatic heterocycles. The molecule has 2 aromatic carbocycles. The van der Waals surface area contributed by atoms with Crippen molar-refractivity contribution in [3.63, 3.8) is 0 Å². The average Bonchev–Trinajstić information content (AvgIpc) is 3.10. The van der Waals surface area contributed by atoms with Crippen molar-refractivity contribution in [3.8, 4) is 0 Å². The van der Waals surface area contributed by atoms with Crippen LogP contribution in [0.2, 0.25) is 0 Å². The van der Waals surface area contributed by atoms with Crippen molar-refractivity contribution in [2.24, 2.45) is 0 Å². The molecular formula is C28H33F3N6O2. The van der Waals surface area contributed by atoms with E-state index in [0.717, 1.165) is 61.4 Å². The number of carbonyl (C=O) groups excluding carboxylic acids is 1. The van der Waals surface area contributed by atoms with Crippen molar-refractivity contribution < 1.29 is 23.1 Å². The lowest BCUT2D eigenvalue weighted by atomic mass is 10.1. The molecule has 1 amide bonds. The van der Waals surface area contributed by atoms with Gasteiger partial charge in [-0.3, -0.25) is 4.79 Å². The molecule has 1 saturated heterocycles. The number of nitrogens with one attached hydrogen (secondary N) is 1. The summed E-state index contributed by atoms with van der Waals surface area (Å²) in [5.74, 6) is 0.187. The third kappa shape index (κ3) is 5.15. The second kappa shape index (κ2) is 10.4. The molecule has 1 fully saturated rings. The number of likely N-dealkylation sites (tertiary alicyclic amines) is 1. The lowest BCUT2D eigenvalue weighted by Crippen LogP contribution is -2.37. The Morgan fingerprint density at radius 1 is 1.15 bits per heavy atom. The van der Waals surface area contributed by atoms with Gasteiger partial charge >= 0.3 is 6.18 Å². The van der Waals surface area contributed by atoms with Crippen LogP contribution in [-0.4, -0.2) is 65.7 Å². The first-order valence-electron chi connectivity index (χ1n) is 13.1. The number of hydrogen-bond donors (Lipinski definition) is 2. The van der Waals surface area contributed by atoms with Gasteiger partial charge in [0.2, 0.25) is 11.9 Å². The van der Waals surface area contributed by atoms with Crippen LogP contribution in [-0.2, 0) is 11.0 Å². The van der Waals surface area contributed by atoms with E-state index in [0.29, 0.717) is 24.6 Å². The third-order valence-corrected chi connectivity index (χ3v) is 7.66. The van der Waals surface area contributed by atoms with E-state index in [2.05, 4.69) is 21.7 Å². The Hall–Kier alpha value is -3.73. The summed E-state index contributed by atoms with van der Waals surface area (Å²) >= 11 is 0. The van der Waals surface area contributed by atoms with Gasteiger partial charge in [0.15, 0.2) is 6.23 Å². The molecule has 0 aliphatic carbocycles. The first kappa shape index (κ1) is 26.9. The summed E-state index contributed by atoms with van der Waals surface area (Å²) in [6.07, 6.45) is -2.15. The number of fused-ring (bicyclic) bond motifs is 3. The molecular weight excluding hydrogens is 509 g/mol. The highest BCUT2D eigenvalue weighted by atomic mass is 19.4. The number of alkyl halides is 3. The zero-order valence-electron chi connectivity index (χ0n) is 22.1. The van der Waals surface area contributed by atoms with Crippen LogP contribution in [0.4, 0.5) is 30.5 Å². The molecule has 1 unspecified atom stereocenters. The molecule has 0 radical (unpaired) electrons. The fourth-order valence-corrected chi connectivity index (χ4v) is 5.58. The largest absolute Gasteiger partial charge is 0.416 e. The normalized spacial score (nSPS) is 19.0. The maximum atomic E-state index is 13.3. The number of imidazole rings is 1. The van der Waals surface area contributed by atoms with Gasteiger partial charge in [-0.2, -0.15) is 13.2 Å². The maximum absolute atomic E-state index is 13.3. The van der Waals surface area contributed by atoms with E-state index in [1.807, 2.05) is 30.8 Å². The molecule has 0 bridgehead atoms. The topological polar surface area (TPSA) is 76.9 Å². The number of carbonyl (C=O) groups is 1. The minimum absolute atomic E-state index is 0.0756. The quantitative estimate of drug-likeness (QED) is 0.357. The van der Waals surface area contributed by atoms with Crippen LogP contribution in [0.1, 0.15) is 42.7 Å². The zero-order valence-corrected chi connectivity index (χ0v) is 22.1. The second-order valence-electron chi connectivity index (χ2n) is 10.3. The monoisotopic (exact) mass is 542 g/mol. The highest BCUT2D eigenvalue weighted by Gasteiger charge is 2.33. The fraction of sp³-hybridized carbons (Fsp3) is 0.429. The molecule has 5 rings (SSSR count). The standard InChI is InChI=1S/C28H33F3N6O2/c1-4-23(38)36-13-6-5-10-20(17-36)37-24-21(11-12-22-25(24)35(3)15-14-34(22)2)32-27(37)33-26(39)18-8-7-9-19(16-18)28(29,30)31/h4,7-9,11-12,16,20,26,39H,1,5-6,10,13-15,17H2,2-3H3,(H,32,33)/t20-,26?/m1/s1. The highest BCUT2D eigenvalue weighted by molar-refractivity contribution is 5.99.